The molecule has 2 aromatic carbocycles. The van der Waals surface area contributed by atoms with Crippen LogP contribution >= 0.6 is 15.9 Å². The molecule has 0 fully saturated rings. The maximum Gasteiger partial charge on any atom is 0.275 e. The highest BCUT2D eigenvalue weighted by molar-refractivity contribution is 9.10. The minimum Gasteiger partial charge on any atom is -0.354 e. The molecule has 132 valence electrons. The average molecular weight is 415 g/mol. The lowest BCUT2D eigenvalue weighted by Gasteiger charge is -2.10. The Kier molecular flexibility index (Phi) is 5.13. The van der Waals surface area contributed by atoms with Gasteiger partial charge in [0.05, 0.1) is 5.39 Å². The Balaban J connectivity index is 1.95. The monoisotopic (exact) mass is 414 g/mol. The van der Waals surface area contributed by atoms with Gasteiger partial charge in [-0.2, -0.15) is 5.10 Å². The predicted octanol–water partition coefficient (Wildman–Crippen LogP) is 2.16. The van der Waals surface area contributed by atoms with Gasteiger partial charge in [-0.1, -0.05) is 34.1 Å². The fourth-order valence-electron chi connectivity index (χ4n) is 2.50. The van der Waals surface area contributed by atoms with E-state index in [-0.39, 0.29) is 12.2 Å². The van der Waals surface area contributed by atoms with Crippen LogP contribution in [0.3, 0.4) is 0 Å². The van der Waals surface area contributed by atoms with Gasteiger partial charge in [0, 0.05) is 22.6 Å². The molecule has 0 saturated carbocycles. The molecule has 0 bridgehead atoms. The van der Waals surface area contributed by atoms with E-state index in [0.29, 0.717) is 16.5 Å². The fourth-order valence-corrected chi connectivity index (χ4v) is 2.76. The average Bonchev–Trinajstić information content (AvgIpc) is 2.65. The summed E-state index contributed by atoms with van der Waals surface area (Å²) in [6, 6.07) is 13.7. The molecule has 0 atom stereocenters. The zero-order valence-electron chi connectivity index (χ0n) is 13.8. The Bertz CT molecular complexity index is 1040. The van der Waals surface area contributed by atoms with Crippen LogP contribution in [0.1, 0.15) is 10.5 Å². The number of nitrogens with one attached hydrogen (secondary N) is 2. The van der Waals surface area contributed by atoms with Gasteiger partial charge < -0.3 is 10.6 Å². The van der Waals surface area contributed by atoms with Crippen LogP contribution < -0.4 is 16.2 Å². The third kappa shape index (κ3) is 3.65. The van der Waals surface area contributed by atoms with E-state index in [1.807, 2.05) is 0 Å². The summed E-state index contributed by atoms with van der Waals surface area (Å²) in [7, 11) is 1.48. The molecule has 8 heteroatoms. The highest BCUT2D eigenvalue weighted by atomic mass is 79.9. The van der Waals surface area contributed by atoms with Gasteiger partial charge in [-0.25, -0.2) is 4.68 Å². The maximum atomic E-state index is 12.6. The van der Waals surface area contributed by atoms with Crippen LogP contribution in [0.4, 0.5) is 5.69 Å². The molecule has 0 radical (unpaired) electrons. The van der Waals surface area contributed by atoms with E-state index in [1.54, 1.807) is 48.5 Å². The summed E-state index contributed by atoms with van der Waals surface area (Å²) in [5, 5.41) is 10.1. The number of halogens is 1. The van der Waals surface area contributed by atoms with Crippen LogP contribution in [0.15, 0.2) is 57.8 Å². The number of nitrogens with zero attached hydrogens (tertiary/aromatic N) is 2. The quantitative estimate of drug-likeness (QED) is 0.683. The second kappa shape index (κ2) is 7.49. The van der Waals surface area contributed by atoms with Crippen LogP contribution in [-0.2, 0) is 11.3 Å². The molecule has 3 aromatic rings. The minimum atomic E-state index is -0.431. The van der Waals surface area contributed by atoms with Crippen LogP contribution in [0.2, 0.25) is 0 Å². The number of anilines is 1. The SMILES string of the molecule is CNC(=O)c1nn(CC(=O)Nc2ccc(Br)cc2)c(=O)c2ccccc12. The summed E-state index contributed by atoms with van der Waals surface area (Å²) >= 11 is 3.32. The smallest absolute Gasteiger partial charge is 0.275 e. The number of hydrogen-bond donors (Lipinski definition) is 2. The van der Waals surface area contributed by atoms with Crippen LogP contribution in [0.25, 0.3) is 10.8 Å². The molecule has 7 nitrogen and oxygen atoms in total. The molecule has 2 amide bonds. The van der Waals surface area contributed by atoms with Gasteiger partial charge in [0.2, 0.25) is 5.91 Å². The Labute approximate surface area is 157 Å². The first-order valence-electron chi connectivity index (χ1n) is 7.77. The highest BCUT2D eigenvalue weighted by Crippen LogP contribution is 2.15. The van der Waals surface area contributed by atoms with Gasteiger partial charge in [0.25, 0.3) is 11.5 Å². The maximum absolute atomic E-state index is 12.6. The van der Waals surface area contributed by atoms with Gasteiger partial charge in [-0.05, 0) is 30.3 Å². The number of carbonyl (C=O) groups is 2. The first-order chi connectivity index (χ1) is 12.5. The molecule has 26 heavy (non-hydrogen) atoms. The van der Waals surface area contributed by atoms with E-state index in [1.165, 1.54) is 7.05 Å². The van der Waals surface area contributed by atoms with Crippen molar-refractivity contribution in [1.82, 2.24) is 15.1 Å². The van der Waals surface area contributed by atoms with E-state index < -0.39 is 17.4 Å². The molecule has 0 saturated heterocycles. The van der Waals surface area contributed by atoms with Crippen molar-refractivity contribution in [3.05, 3.63) is 69.1 Å². The van der Waals surface area contributed by atoms with E-state index in [2.05, 4.69) is 31.7 Å². The van der Waals surface area contributed by atoms with Crippen LogP contribution in [0.5, 0.6) is 0 Å². The molecular formula is C18H15BrN4O3. The number of rotatable bonds is 4. The number of hydrogen-bond acceptors (Lipinski definition) is 4. The largest absolute Gasteiger partial charge is 0.354 e. The Morgan fingerprint density at radius 3 is 2.38 bits per heavy atom. The molecule has 0 unspecified atom stereocenters. The van der Waals surface area contributed by atoms with Crippen molar-refractivity contribution in [3.8, 4) is 0 Å². The molecule has 0 aliphatic carbocycles. The Morgan fingerprint density at radius 1 is 1.08 bits per heavy atom. The van der Waals surface area contributed by atoms with Crippen molar-refractivity contribution >= 4 is 44.2 Å². The van der Waals surface area contributed by atoms with Crippen molar-refractivity contribution in [2.75, 3.05) is 12.4 Å². The van der Waals surface area contributed by atoms with Crippen molar-refractivity contribution in [2.45, 2.75) is 6.54 Å². The minimum absolute atomic E-state index is 0.0964. The van der Waals surface area contributed by atoms with Crippen LogP contribution in [0, 0.1) is 0 Å². The number of carbonyl (C=O) groups excluding carboxylic acids is 2. The number of amides is 2. The zero-order chi connectivity index (χ0) is 18.7. The van der Waals surface area contributed by atoms with Gasteiger partial charge in [0.1, 0.15) is 6.54 Å². The topological polar surface area (TPSA) is 93.1 Å². The summed E-state index contributed by atoms with van der Waals surface area (Å²) in [5.41, 5.74) is 0.261. The summed E-state index contributed by atoms with van der Waals surface area (Å²) in [5.74, 6) is -0.844. The third-order valence-corrected chi connectivity index (χ3v) is 4.26. The second-order valence-corrected chi connectivity index (χ2v) is 6.41. The summed E-state index contributed by atoms with van der Waals surface area (Å²) in [6.45, 7) is -0.302. The van der Waals surface area contributed by atoms with Crippen molar-refractivity contribution < 1.29 is 9.59 Å². The molecule has 2 N–H and O–H groups in total. The van der Waals surface area contributed by atoms with Gasteiger partial charge in [-0.15, -0.1) is 0 Å². The fraction of sp³-hybridized carbons (Fsp3) is 0.111. The molecule has 0 spiro atoms. The van der Waals surface area contributed by atoms with E-state index in [9.17, 15) is 14.4 Å². The van der Waals surface area contributed by atoms with Crippen molar-refractivity contribution in [3.63, 3.8) is 0 Å². The van der Waals surface area contributed by atoms with Crippen molar-refractivity contribution in [1.29, 1.82) is 0 Å². The lowest BCUT2D eigenvalue weighted by Crippen LogP contribution is -2.33. The zero-order valence-corrected chi connectivity index (χ0v) is 15.4. The summed E-state index contributed by atoms with van der Waals surface area (Å²) in [4.78, 5) is 37.0. The molecular weight excluding hydrogens is 400 g/mol. The summed E-state index contributed by atoms with van der Waals surface area (Å²) in [6.07, 6.45) is 0. The normalized spacial score (nSPS) is 10.5. The molecule has 0 aliphatic heterocycles. The van der Waals surface area contributed by atoms with Gasteiger partial charge >= 0.3 is 0 Å². The molecule has 0 aliphatic rings. The number of aromatic nitrogens is 2. The van der Waals surface area contributed by atoms with E-state index in [4.69, 9.17) is 0 Å². The number of benzene rings is 2. The highest BCUT2D eigenvalue weighted by Gasteiger charge is 2.17. The van der Waals surface area contributed by atoms with Crippen molar-refractivity contribution in [2.24, 2.45) is 0 Å². The van der Waals surface area contributed by atoms with E-state index >= 15 is 0 Å². The third-order valence-electron chi connectivity index (χ3n) is 3.73. The Hall–Kier alpha value is -3.00. The van der Waals surface area contributed by atoms with Crippen LogP contribution in [-0.4, -0.2) is 28.6 Å². The first-order valence-corrected chi connectivity index (χ1v) is 8.56. The molecule has 1 aromatic heterocycles. The Morgan fingerprint density at radius 2 is 1.73 bits per heavy atom. The predicted molar refractivity (Wildman–Crippen MR) is 102 cm³/mol. The van der Waals surface area contributed by atoms with Gasteiger partial charge in [-0.3, -0.25) is 14.4 Å². The lowest BCUT2D eigenvalue weighted by atomic mass is 10.1. The van der Waals surface area contributed by atoms with Gasteiger partial charge in [0.15, 0.2) is 5.69 Å². The summed E-state index contributed by atoms with van der Waals surface area (Å²) < 4.78 is 1.89. The molecule has 1 heterocycles. The standard InChI is InChI=1S/C18H15BrN4O3/c1-20-17(25)16-13-4-2-3-5-14(13)18(26)23(22-16)10-15(24)21-12-8-6-11(19)7-9-12/h2-9H,10H2,1H3,(H,20,25)(H,21,24). The van der Waals surface area contributed by atoms with E-state index in [0.717, 1.165) is 9.15 Å². The first kappa shape index (κ1) is 17.8. The molecule has 3 rings (SSSR count). The second-order valence-electron chi connectivity index (χ2n) is 5.49. The lowest BCUT2D eigenvalue weighted by molar-refractivity contribution is -0.117. The number of fused-ring (bicyclic) bond motifs is 1.